The van der Waals surface area contributed by atoms with E-state index in [0.29, 0.717) is 10.4 Å². The Hall–Kier alpha value is -13.2. The highest BCUT2D eigenvalue weighted by molar-refractivity contribution is 7.99. The molecule has 0 radical (unpaired) electrons. The summed E-state index contributed by atoms with van der Waals surface area (Å²) in [4.78, 5) is 109. The Kier molecular flexibility index (Phi) is 17.3. The number of methoxy groups -OCH3 is 1. The number of hydrogen-bond acceptors (Lipinski definition) is 20. The molecule has 0 saturated carbocycles. The molecule has 6 aliphatic heterocycles. The number of aromatic nitrogens is 1. The lowest BCUT2D eigenvalue weighted by Crippen LogP contribution is -2.55. The quantitative estimate of drug-likeness (QED) is 0.0729. The van der Waals surface area contributed by atoms with Crippen molar-refractivity contribution in [1.82, 2.24) is 36.5 Å². The fourth-order valence-electron chi connectivity index (χ4n) is 13.5. The number of nitrogens with one attached hydrogen (secondary N) is 6. The number of phenols is 6. The van der Waals surface area contributed by atoms with E-state index in [4.69, 9.17) is 18.9 Å². The minimum absolute atomic E-state index is 0.0115. The van der Waals surface area contributed by atoms with E-state index >= 15 is 24.0 Å². The number of amides is 6. The highest BCUT2D eigenvalue weighted by atomic mass is 32.2. The molecule has 10 aromatic carbocycles. The molecule has 17 rings (SSSR count). The fourth-order valence-corrected chi connectivity index (χ4v) is 14.5. The molecular formula is C78H61N7O19S. The van der Waals surface area contributed by atoms with Gasteiger partial charge in [-0.25, -0.2) is 4.79 Å². The Labute approximate surface area is 599 Å². The van der Waals surface area contributed by atoms with Crippen molar-refractivity contribution in [2.45, 2.75) is 71.3 Å². The van der Waals surface area contributed by atoms with Crippen molar-refractivity contribution in [3.63, 3.8) is 0 Å². The number of carbonyl (C=O) groups is 7. The van der Waals surface area contributed by atoms with Gasteiger partial charge in [0.1, 0.15) is 88.7 Å². The lowest BCUT2D eigenvalue weighted by molar-refractivity contribution is -0.146. The monoisotopic (exact) mass is 1430 g/mol. The van der Waals surface area contributed by atoms with Gasteiger partial charge in [0.15, 0.2) is 29.0 Å². The second kappa shape index (κ2) is 26.9. The molecule has 105 heavy (non-hydrogen) atoms. The van der Waals surface area contributed by atoms with Crippen LogP contribution < -0.4 is 46.1 Å². The van der Waals surface area contributed by atoms with Gasteiger partial charge in [0.2, 0.25) is 41.2 Å². The molecule has 14 N–H and O–H groups in total. The fraction of sp³-hybridized carbons (Fsp3) is 0.141. The maximum Gasteiger partial charge on any atom is 0.333 e. The average Bonchev–Trinajstić information content (AvgIpc) is 1.75. The zero-order chi connectivity index (χ0) is 73.4. The smallest absolute Gasteiger partial charge is 0.333 e. The maximum atomic E-state index is 16.1. The zero-order valence-corrected chi connectivity index (χ0v) is 55.9. The number of aliphatic hydroxyl groups excluding tert-OH is 2. The highest BCUT2D eigenvalue weighted by Gasteiger charge is 2.43. The largest absolute Gasteiger partial charge is 0.508 e. The van der Waals surface area contributed by atoms with Gasteiger partial charge >= 0.3 is 5.97 Å². The molecule has 11 aromatic rings. The van der Waals surface area contributed by atoms with Crippen molar-refractivity contribution in [2.75, 3.05) is 7.11 Å². The first-order valence-corrected chi connectivity index (χ1v) is 33.5. The minimum Gasteiger partial charge on any atom is -0.508 e. The van der Waals surface area contributed by atoms with Crippen LogP contribution in [0.25, 0.3) is 32.7 Å². The topological polar surface area (TPSA) is 395 Å². The van der Waals surface area contributed by atoms with Gasteiger partial charge in [0.25, 0.3) is 0 Å². The molecule has 0 spiro atoms. The number of hydrogen-bond donors (Lipinski definition) is 14. The summed E-state index contributed by atoms with van der Waals surface area (Å²) in [5, 5.41) is 115. The first-order valence-electron chi connectivity index (χ1n) is 32.7. The van der Waals surface area contributed by atoms with E-state index in [0.717, 1.165) is 70.6 Å². The van der Waals surface area contributed by atoms with Crippen molar-refractivity contribution in [3.05, 3.63) is 239 Å². The van der Waals surface area contributed by atoms with Crippen molar-refractivity contribution in [1.29, 1.82) is 0 Å². The third kappa shape index (κ3) is 12.6. The summed E-state index contributed by atoms with van der Waals surface area (Å²) in [5.41, 5.74) is -1.66. The van der Waals surface area contributed by atoms with Crippen LogP contribution in [0.4, 0.5) is 0 Å². The zero-order valence-electron chi connectivity index (χ0n) is 55.1. The SMILES string of the molecule is COC(=O)[C@H]1NC(=O)[C@H]2NC(=O)[C@H](NC(=O)[C@@H]3NC(=O)[C@H]4NC(=O)[C@H](NC(=O)[C@H](n5cc6cc7ccccc7cc6c5Sc5ccccc5)c5ccc(O)c(c5)Oc5cc4cc(O)c5C)[C@H](O)c4ccc(cc4)Oc4cc3cc(c4O)Oc3ccc(cc3)[C@H]2O)c2ccc(O)c(c2)-c2c(O)cc(O)cc21. The minimum atomic E-state index is -2.17. The molecule has 0 unspecified atom stereocenters. The van der Waals surface area contributed by atoms with Crippen molar-refractivity contribution >= 4 is 74.7 Å². The molecule has 7 heterocycles. The van der Waals surface area contributed by atoms with Crippen molar-refractivity contribution < 1.29 is 93.4 Å². The van der Waals surface area contributed by atoms with E-state index in [-0.39, 0.29) is 78.6 Å². The number of phenolic OH excluding ortho intramolecular Hbond substituents is 6. The van der Waals surface area contributed by atoms with E-state index in [2.05, 4.69) is 31.9 Å². The number of nitrogens with zero attached hydrogens (tertiary/aromatic N) is 1. The second-order valence-electron chi connectivity index (χ2n) is 25.5. The first-order chi connectivity index (χ1) is 50.5. The maximum absolute atomic E-state index is 16.1. The van der Waals surface area contributed by atoms with Crippen LogP contribution in [0.2, 0.25) is 0 Å². The number of aliphatic hydroxyl groups is 2. The van der Waals surface area contributed by atoms with Gasteiger partial charge in [-0.15, -0.1) is 0 Å². The highest BCUT2D eigenvalue weighted by Crippen LogP contribution is 2.49. The molecule has 1 aromatic heterocycles. The number of ether oxygens (including phenoxy) is 4. The summed E-state index contributed by atoms with van der Waals surface area (Å²) in [5.74, 6) is -13.5. The second-order valence-corrected chi connectivity index (χ2v) is 26.6. The Balaban J connectivity index is 0.916. The first kappa shape index (κ1) is 67.6. The van der Waals surface area contributed by atoms with Crippen LogP contribution in [-0.4, -0.2) is 106 Å². The number of aromatic hydroxyl groups is 6. The third-order valence-corrected chi connectivity index (χ3v) is 20.0. The van der Waals surface area contributed by atoms with Gasteiger partial charge in [-0.1, -0.05) is 90.6 Å². The van der Waals surface area contributed by atoms with Crippen LogP contribution >= 0.6 is 11.8 Å². The lowest BCUT2D eigenvalue weighted by atomic mass is 9.89. The van der Waals surface area contributed by atoms with Gasteiger partial charge in [-0.3, -0.25) is 28.8 Å². The van der Waals surface area contributed by atoms with Gasteiger partial charge < -0.3 is 96.3 Å². The number of fused-ring (bicyclic) bond motifs is 16. The average molecular weight is 1430 g/mol. The summed E-state index contributed by atoms with van der Waals surface area (Å²) >= 11 is 1.34. The Bertz CT molecular complexity index is 5440. The number of esters is 1. The Morgan fingerprint density at radius 3 is 1.62 bits per heavy atom. The third-order valence-electron chi connectivity index (χ3n) is 18.9. The summed E-state index contributed by atoms with van der Waals surface area (Å²) in [6, 6.07) is 31.9. The molecule has 6 aliphatic rings. The van der Waals surface area contributed by atoms with E-state index in [1.165, 1.54) is 97.5 Å². The summed E-state index contributed by atoms with van der Waals surface area (Å²) in [7, 11) is 0.982. The molecule has 0 fully saturated rings. The molecular weight excluding hydrogens is 1370 g/mol. The van der Waals surface area contributed by atoms with E-state index in [1.807, 2.05) is 66.7 Å². The molecule has 26 nitrogen and oxygen atoms in total. The van der Waals surface area contributed by atoms with Crippen LogP contribution in [0.3, 0.4) is 0 Å². The Morgan fingerprint density at radius 1 is 0.457 bits per heavy atom. The summed E-state index contributed by atoms with van der Waals surface area (Å²) in [6.45, 7) is 1.46. The van der Waals surface area contributed by atoms with Crippen LogP contribution in [0.15, 0.2) is 204 Å². The summed E-state index contributed by atoms with van der Waals surface area (Å²) < 4.78 is 26.0. The molecule has 0 aliphatic carbocycles. The summed E-state index contributed by atoms with van der Waals surface area (Å²) in [6.07, 6.45) is -2.24. The number of benzene rings is 10. The van der Waals surface area contributed by atoms with Gasteiger partial charge in [0.05, 0.1) is 12.1 Å². The van der Waals surface area contributed by atoms with Crippen LogP contribution in [0.5, 0.6) is 69.0 Å². The van der Waals surface area contributed by atoms with Crippen molar-refractivity contribution in [2.24, 2.45) is 0 Å². The van der Waals surface area contributed by atoms with Crippen LogP contribution in [0, 0.1) is 6.92 Å². The predicted molar refractivity (Wildman–Crippen MR) is 377 cm³/mol. The van der Waals surface area contributed by atoms with Crippen LogP contribution in [0.1, 0.15) is 86.9 Å². The number of carbonyl (C=O) groups excluding carboxylic acids is 7. The normalized spacial score (nSPS) is 20.8. The Morgan fingerprint density at radius 2 is 0.981 bits per heavy atom. The van der Waals surface area contributed by atoms with Gasteiger partial charge in [0, 0.05) is 50.2 Å². The van der Waals surface area contributed by atoms with Crippen molar-refractivity contribution in [3.8, 4) is 80.1 Å². The van der Waals surface area contributed by atoms with Gasteiger partial charge in [-0.05, 0) is 154 Å². The molecule has 528 valence electrons. The standard InChI is InChI=1S/C78H61N7O19S/c1-35-54(89)27-42-29-56(35)104-57-28-41(17-23-53(57)88)67(85-34-44-24-38-8-6-7-9-39(38)25-49(44)77(85)105-48-10-4-3-5-11-48)76(99)84-66-69(92)37-14-20-47(21-15-37)103-59-31-43-30-58(70(59)93)102-46-18-12-36(13-19-46)68(91)65-75(98)82-64(78(100)101-2)51-32-45(86)33-55(90)60(51)50-26-40(16-22-52(50)87)61(71(94)83-65)79-73(96)63(43)80-72(95)62(42)81-74(66)97/h3-34,61-69,86-93H,1-2H3,(H,79,96)(H,80,95)(H,81,97)(H,82,98)(H,83,94)(H,84,99)/t61-,62+,63-,64+,65+,66-,67-,68-,69-/m1/s1. The van der Waals surface area contributed by atoms with E-state index in [9.17, 15) is 50.4 Å². The molecule has 27 heteroatoms. The molecule has 6 amide bonds. The van der Waals surface area contributed by atoms with Crippen LogP contribution in [-0.2, 0) is 38.3 Å². The predicted octanol–water partition coefficient (Wildman–Crippen LogP) is 9.41. The van der Waals surface area contributed by atoms with Gasteiger partial charge in [-0.2, -0.15) is 0 Å². The molecule has 9 atom stereocenters. The van der Waals surface area contributed by atoms with E-state index < -0.39 is 142 Å². The molecule has 17 bridgehead atoms. The van der Waals surface area contributed by atoms with E-state index in [1.54, 1.807) is 10.8 Å². The number of rotatable bonds is 4. The lowest BCUT2D eigenvalue weighted by Gasteiger charge is -2.32. The molecule has 0 saturated heterocycles.